The minimum Gasteiger partial charge on any atom is -0.301 e. The Kier molecular flexibility index (Phi) is 5.58. The first-order valence-electron chi connectivity index (χ1n) is 5.72. The summed E-state index contributed by atoms with van der Waals surface area (Å²) >= 11 is 0. The van der Waals surface area contributed by atoms with Gasteiger partial charge in [-0.3, -0.25) is 0 Å². The second kappa shape index (κ2) is 6.80. The Hall–Kier alpha value is -0.590. The molecule has 1 heterocycles. The number of hydrogen-bond acceptors (Lipinski definition) is 3. The highest BCUT2D eigenvalue weighted by molar-refractivity contribution is 4.92. The summed E-state index contributed by atoms with van der Waals surface area (Å²) in [5.74, 6) is 0. The lowest BCUT2D eigenvalue weighted by atomic mass is 10.1. The summed E-state index contributed by atoms with van der Waals surface area (Å²) in [4.78, 5) is 2.40. The van der Waals surface area contributed by atoms with Gasteiger partial charge in [-0.25, -0.2) is 0 Å². The molecule has 0 aromatic heterocycles. The number of piperidine rings is 1. The highest BCUT2D eigenvalue weighted by Crippen LogP contribution is 2.08. The lowest BCUT2D eigenvalue weighted by Gasteiger charge is -2.28. The SMILES string of the molecule is CCCNC(C#N)CN1CCCCC1. The Morgan fingerprint density at radius 2 is 2.07 bits per heavy atom. The Bertz CT molecular complexity index is 179. The van der Waals surface area contributed by atoms with Crippen LogP contribution in [0.15, 0.2) is 0 Å². The summed E-state index contributed by atoms with van der Waals surface area (Å²) in [6.45, 7) is 6.32. The third-order valence-corrected chi connectivity index (χ3v) is 2.69. The topological polar surface area (TPSA) is 39.1 Å². The van der Waals surface area contributed by atoms with E-state index in [0.29, 0.717) is 0 Å². The first-order valence-corrected chi connectivity index (χ1v) is 5.72. The smallest absolute Gasteiger partial charge is 0.108 e. The zero-order valence-electron chi connectivity index (χ0n) is 9.13. The molecule has 0 aliphatic carbocycles. The van der Waals surface area contributed by atoms with E-state index in [0.717, 1.165) is 19.5 Å². The summed E-state index contributed by atoms with van der Waals surface area (Å²) in [7, 11) is 0. The maximum absolute atomic E-state index is 8.94. The minimum atomic E-state index is 0.0213. The molecule has 1 aliphatic heterocycles. The molecule has 0 aromatic carbocycles. The summed E-state index contributed by atoms with van der Waals surface area (Å²) < 4.78 is 0. The largest absolute Gasteiger partial charge is 0.301 e. The van der Waals surface area contributed by atoms with E-state index < -0.39 is 0 Å². The Balaban J connectivity index is 2.21. The number of nitrogens with zero attached hydrogens (tertiary/aromatic N) is 2. The van der Waals surface area contributed by atoms with E-state index in [2.05, 4.69) is 23.2 Å². The van der Waals surface area contributed by atoms with E-state index in [1.165, 1.54) is 32.4 Å². The predicted molar refractivity (Wildman–Crippen MR) is 58.0 cm³/mol. The molecule has 1 N–H and O–H groups in total. The number of nitriles is 1. The third kappa shape index (κ3) is 4.08. The highest BCUT2D eigenvalue weighted by Gasteiger charge is 2.14. The molecule has 3 nitrogen and oxygen atoms in total. The molecule has 1 rings (SSSR count). The fourth-order valence-corrected chi connectivity index (χ4v) is 1.87. The van der Waals surface area contributed by atoms with Crippen LogP contribution in [-0.2, 0) is 0 Å². The third-order valence-electron chi connectivity index (χ3n) is 2.69. The van der Waals surface area contributed by atoms with E-state index in [4.69, 9.17) is 5.26 Å². The zero-order chi connectivity index (χ0) is 10.2. The van der Waals surface area contributed by atoms with Gasteiger partial charge in [0.1, 0.15) is 6.04 Å². The van der Waals surface area contributed by atoms with Crippen LogP contribution in [0.3, 0.4) is 0 Å². The van der Waals surface area contributed by atoms with Crippen LogP contribution in [0.2, 0.25) is 0 Å². The average molecular weight is 195 g/mol. The van der Waals surface area contributed by atoms with E-state index in [1.807, 2.05) is 0 Å². The second-order valence-electron chi connectivity index (χ2n) is 4.00. The maximum atomic E-state index is 8.94. The molecular formula is C11H21N3. The van der Waals surface area contributed by atoms with Crippen molar-refractivity contribution in [3.63, 3.8) is 0 Å². The van der Waals surface area contributed by atoms with Crippen molar-refractivity contribution >= 4 is 0 Å². The van der Waals surface area contributed by atoms with Crippen LogP contribution in [0.4, 0.5) is 0 Å². The molecule has 0 saturated carbocycles. The molecule has 1 fully saturated rings. The minimum absolute atomic E-state index is 0.0213. The molecule has 1 saturated heterocycles. The van der Waals surface area contributed by atoms with Gasteiger partial charge in [0.15, 0.2) is 0 Å². The zero-order valence-corrected chi connectivity index (χ0v) is 9.13. The summed E-state index contributed by atoms with van der Waals surface area (Å²) in [6.07, 6.45) is 5.05. The molecule has 0 aromatic rings. The van der Waals surface area contributed by atoms with E-state index >= 15 is 0 Å². The standard InChI is InChI=1S/C11H21N3/c1-2-6-13-11(9-12)10-14-7-4-3-5-8-14/h11,13H,2-8,10H2,1H3. The van der Waals surface area contributed by atoms with Gasteiger partial charge in [0.05, 0.1) is 6.07 Å². The predicted octanol–water partition coefficient (Wildman–Crippen LogP) is 1.36. The second-order valence-corrected chi connectivity index (χ2v) is 4.00. The van der Waals surface area contributed by atoms with Crippen molar-refractivity contribution in [2.45, 2.75) is 38.6 Å². The molecule has 0 spiro atoms. The van der Waals surface area contributed by atoms with Crippen molar-refractivity contribution in [3.8, 4) is 6.07 Å². The quantitative estimate of drug-likeness (QED) is 0.720. The monoisotopic (exact) mass is 195 g/mol. The molecule has 0 radical (unpaired) electrons. The van der Waals surface area contributed by atoms with Gasteiger partial charge in [-0.1, -0.05) is 13.3 Å². The highest BCUT2D eigenvalue weighted by atomic mass is 15.1. The Labute approximate surface area is 87.1 Å². The molecular weight excluding hydrogens is 174 g/mol. The lowest BCUT2D eigenvalue weighted by Crippen LogP contribution is -2.42. The van der Waals surface area contributed by atoms with Gasteiger partial charge in [0.2, 0.25) is 0 Å². The van der Waals surface area contributed by atoms with Crippen LogP contribution >= 0.6 is 0 Å². The molecule has 14 heavy (non-hydrogen) atoms. The average Bonchev–Trinajstić information content (AvgIpc) is 2.25. The first-order chi connectivity index (χ1) is 6.86. The molecule has 1 aliphatic rings. The molecule has 80 valence electrons. The summed E-state index contributed by atoms with van der Waals surface area (Å²) in [5, 5.41) is 12.2. The molecule has 0 amide bonds. The maximum Gasteiger partial charge on any atom is 0.108 e. The number of likely N-dealkylation sites (tertiary alicyclic amines) is 1. The van der Waals surface area contributed by atoms with Crippen LogP contribution in [0.25, 0.3) is 0 Å². The van der Waals surface area contributed by atoms with Gasteiger partial charge in [0.25, 0.3) is 0 Å². The van der Waals surface area contributed by atoms with Crippen molar-refractivity contribution < 1.29 is 0 Å². The number of hydrogen-bond donors (Lipinski definition) is 1. The fraction of sp³-hybridized carbons (Fsp3) is 0.909. The van der Waals surface area contributed by atoms with Crippen LogP contribution in [0, 0.1) is 11.3 Å². The van der Waals surface area contributed by atoms with Crippen LogP contribution < -0.4 is 5.32 Å². The Morgan fingerprint density at radius 3 is 2.64 bits per heavy atom. The van der Waals surface area contributed by atoms with Gasteiger partial charge < -0.3 is 10.2 Å². The van der Waals surface area contributed by atoms with Gasteiger partial charge in [0, 0.05) is 6.54 Å². The van der Waals surface area contributed by atoms with E-state index in [9.17, 15) is 0 Å². The van der Waals surface area contributed by atoms with Crippen molar-refractivity contribution in [2.24, 2.45) is 0 Å². The number of rotatable bonds is 5. The molecule has 0 bridgehead atoms. The normalized spacial score (nSPS) is 20.3. The van der Waals surface area contributed by atoms with Crippen LogP contribution in [0.1, 0.15) is 32.6 Å². The van der Waals surface area contributed by atoms with E-state index in [1.54, 1.807) is 0 Å². The molecule has 1 unspecified atom stereocenters. The van der Waals surface area contributed by atoms with Gasteiger partial charge in [-0.2, -0.15) is 5.26 Å². The fourth-order valence-electron chi connectivity index (χ4n) is 1.87. The summed E-state index contributed by atoms with van der Waals surface area (Å²) in [6, 6.07) is 2.35. The van der Waals surface area contributed by atoms with Crippen molar-refractivity contribution in [2.75, 3.05) is 26.2 Å². The molecule has 1 atom stereocenters. The van der Waals surface area contributed by atoms with Crippen LogP contribution in [-0.4, -0.2) is 37.1 Å². The van der Waals surface area contributed by atoms with Gasteiger partial charge in [-0.15, -0.1) is 0 Å². The van der Waals surface area contributed by atoms with Crippen LogP contribution in [0.5, 0.6) is 0 Å². The van der Waals surface area contributed by atoms with Crippen molar-refractivity contribution in [1.29, 1.82) is 5.26 Å². The first kappa shape index (κ1) is 11.5. The van der Waals surface area contributed by atoms with Gasteiger partial charge in [-0.05, 0) is 38.9 Å². The number of nitrogens with one attached hydrogen (secondary N) is 1. The van der Waals surface area contributed by atoms with E-state index in [-0.39, 0.29) is 6.04 Å². The van der Waals surface area contributed by atoms with Crippen molar-refractivity contribution in [1.82, 2.24) is 10.2 Å². The van der Waals surface area contributed by atoms with Crippen molar-refractivity contribution in [3.05, 3.63) is 0 Å². The lowest BCUT2D eigenvalue weighted by molar-refractivity contribution is 0.217. The summed E-state index contributed by atoms with van der Waals surface area (Å²) in [5.41, 5.74) is 0. The van der Waals surface area contributed by atoms with Gasteiger partial charge >= 0.3 is 0 Å². The molecule has 3 heteroatoms. The Morgan fingerprint density at radius 1 is 1.36 bits per heavy atom.